The second-order valence-electron chi connectivity index (χ2n) is 5.32. The smallest absolute Gasteiger partial charge is 0.264 e. The minimum absolute atomic E-state index is 0.0763. The zero-order chi connectivity index (χ0) is 17.6. The summed E-state index contributed by atoms with van der Waals surface area (Å²) >= 11 is 5.90. The number of sulfonamides is 1. The van der Waals surface area contributed by atoms with Crippen LogP contribution in [0.5, 0.6) is 0 Å². The van der Waals surface area contributed by atoms with Crippen molar-refractivity contribution in [1.29, 1.82) is 0 Å². The molecule has 0 saturated carbocycles. The molecule has 0 fully saturated rings. The fraction of sp³-hybridized carbons (Fsp3) is 0.200. The van der Waals surface area contributed by atoms with Gasteiger partial charge in [-0.05, 0) is 38.5 Å². The molecule has 9 heteroatoms. The zero-order valence-corrected chi connectivity index (χ0v) is 14.6. The second-order valence-corrected chi connectivity index (χ2v) is 7.38. The Morgan fingerprint density at radius 3 is 2.62 bits per heavy atom. The van der Waals surface area contributed by atoms with Gasteiger partial charge in [-0.25, -0.2) is 22.8 Å². The number of nitrogens with one attached hydrogen (secondary N) is 1. The Morgan fingerprint density at radius 2 is 1.92 bits per heavy atom. The van der Waals surface area contributed by atoms with Crippen LogP contribution in [-0.4, -0.2) is 18.4 Å². The van der Waals surface area contributed by atoms with Crippen molar-refractivity contribution in [2.75, 3.05) is 4.72 Å². The number of aryl methyl sites for hydroxylation is 3. The number of furan rings is 1. The van der Waals surface area contributed by atoms with Crippen LogP contribution in [-0.2, 0) is 10.0 Å². The maximum atomic E-state index is 13.5. The molecule has 0 atom stereocenters. The number of benzene rings is 1. The number of rotatable bonds is 3. The Balaban J connectivity index is 2.13. The van der Waals surface area contributed by atoms with Crippen LogP contribution in [0.3, 0.4) is 0 Å². The quantitative estimate of drug-likeness (QED) is 0.760. The lowest BCUT2D eigenvalue weighted by Gasteiger charge is -2.10. The maximum Gasteiger partial charge on any atom is 0.264 e. The molecule has 0 bridgehead atoms. The normalized spacial score (nSPS) is 11.9. The van der Waals surface area contributed by atoms with Gasteiger partial charge < -0.3 is 4.42 Å². The summed E-state index contributed by atoms with van der Waals surface area (Å²) in [5.41, 5.74) is 1.17. The predicted molar refractivity (Wildman–Crippen MR) is 88.2 cm³/mol. The molecule has 2 heterocycles. The van der Waals surface area contributed by atoms with E-state index in [0.29, 0.717) is 11.1 Å². The topological polar surface area (TPSA) is 85.1 Å². The minimum Gasteiger partial charge on any atom is -0.443 e. The lowest BCUT2D eigenvalue weighted by molar-refractivity contribution is 0.564. The van der Waals surface area contributed by atoms with E-state index in [0.717, 1.165) is 11.6 Å². The summed E-state index contributed by atoms with van der Waals surface area (Å²) < 4.78 is 46.6. The SMILES string of the molecule is Cc1cc(S(=O)(=O)Nc2ncnc3oc(C)c(C)c23)c(Cl)cc1F. The molecule has 24 heavy (non-hydrogen) atoms. The fourth-order valence-corrected chi connectivity index (χ4v) is 3.90. The van der Waals surface area contributed by atoms with E-state index in [1.54, 1.807) is 13.8 Å². The van der Waals surface area contributed by atoms with E-state index < -0.39 is 15.8 Å². The number of nitrogens with zero attached hydrogens (tertiary/aromatic N) is 2. The number of halogens is 2. The highest BCUT2D eigenvalue weighted by atomic mass is 35.5. The van der Waals surface area contributed by atoms with Crippen LogP contribution >= 0.6 is 11.6 Å². The van der Waals surface area contributed by atoms with E-state index in [2.05, 4.69) is 14.7 Å². The van der Waals surface area contributed by atoms with Gasteiger partial charge in [0.15, 0.2) is 5.82 Å². The van der Waals surface area contributed by atoms with Gasteiger partial charge >= 0.3 is 0 Å². The van der Waals surface area contributed by atoms with Gasteiger partial charge in [0.1, 0.15) is 22.8 Å². The molecule has 0 radical (unpaired) electrons. The van der Waals surface area contributed by atoms with Gasteiger partial charge in [0, 0.05) is 5.56 Å². The molecule has 3 rings (SSSR count). The maximum absolute atomic E-state index is 13.5. The van der Waals surface area contributed by atoms with Crippen LogP contribution in [0.25, 0.3) is 11.1 Å². The molecule has 0 aliphatic carbocycles. The van der Waals surface area contributed by atoms with E-state index in [4.69, 9.17) is 16.0 Å². The highest BCUT2D eigenvalue weighted by Gasteiger charge is 2.23. The Bertz CT molecular complexity index is 1060. The predicted octanol–water partition coefficient (Wildman–Crippen LogP) is 3.74. The summed E-state index contributed by atoms with van der Waals surface area (Å²) in [6.45, 7) is 4.98. The molecule has 1 N–H and O–H groups in total. The molecule has 126 valence electrons. The second kappa shape index (κ2) is 5.71. The van der Waals surface area contributed by atoms with Crippen molar-refractivity contribution in [3.8, 4) is 0 Å². The van der Waals surface area contributed by atoms with Crippen molar-refractivity contribution < 1.29 is 17.2 Å². The van der Waals surface area contributed by atoms with Crippen molar-refractivity contribution in [3.63, 3.8) is 0 Å². The van der Waals surface area contributed by atoms with Gasteiger partial charge in [-0.2, -0.15) is 0 Å². The summed E-state index contributed by atoms with van der Waals surface area (Å²) in [4.78, 5) is 7.74. The molecule has 0 saturated heterocycles. The first-order valence-corrected chi connectivity index (χ1v) is 8.76. The van der Waals surface area contributed by atoms with Crippen LogP contribution in [0.2, 0.25) is 5.02 Å². The number of anilines is 1. The first kappa shape index (κ1) is 16.7. The number of hydrogen-bond donors (Lipinski definition) is 1. The largest absolute Gasteiger partial charge is 0.443 e. The van der Waals surface area contributed by atoms with Crippen LogP contribution in [0.15, 0.2) is 27.8 Å². The summed E-state index contributed by atoms with van der Waals surface area (Å²) in [5, 5.41) is 0.254. The van der Waals surface area contributed by atoms with Gasteiger partial charge in [-0.1, -0.05) is 11.6 Å². The van der Waals surface area contributed by atoms with Crippen molar-refractivity contribution in [1.82, 2.24) is 9.97 Å². The number of fused-ring (bicyclic) bond motifs is 1. The molecule has 6 nitrogen and oxygen atoms in total. The van der Waals surface area contributed by atoms with Crippen molar-refractivity contribution in [3.05, 3.63) is 46.2 Å². The molecule has 3 aromatic rings. The van der Waals surface area contributed by atoms with Gasteiger partial charge in [-0.15, -0.1) is 0 Å². The zero-order valence-electron chi connectivity index (χ0n) is 13.0. The number of aromatic nitrogens is 2. The third-order valence-electron chi connectivity index (χ3n) is 3.70. The summed E-state index contributed by atoms with van der Waals surface area (Å²) in [7, 11) is -4.06. The van der Waals surface area contributed by atoms with Gasteiger partial charge in [0.25, 0.3) is 10.0 Å². The minimum atomic E-state index is -4.06. The van der Waals surface area contributed by atoms with Crippen LogP contribution in [0.1, 0.15) is 16.9 Å². The molecule has 1 aromatic carbocycles. The van der Waals surface area contributed by atoms with Crippen LogP contribution in [0.4, 0.5) is 10.2 Å². The van der Waals surface area contributed by atoms with Gasteiger partial charge in [-0.3, -0.25) is 4.72 Å². The average molecular weight is 370 g/mol. The van der Waals surface area contributed by atoms with Crippen molar-refractivity contribution >= 4 is 38.5 Å². The molecule has 0 unspecified atom stereocenters. The summed E-state index contributed by atoms with van der Waals surface area (Å²) in [6.07, 6.45) is 1.19. The van der Waals surface area contributed by atoms with Gasteiger partial charge in [0.2, 0.25) is 5.71 Å². The third kappa shape index (κ3) is 2.71. The van der Waals surface area contributed by atoms with Gasteiger partial charge in [0.05, 0.1) is 10.4 Å². The standard InChI is InChI=1S/C15H13ClFN3O3S/c1-7-4-12(10(16)5-11(7)17)24(21,22)20-14-13-8(2)9(3)23-15(13)19-6-18-14/h4-6H,1-3H3,(H,18,19,20). The van der Waals surface area contributed by atoms with E-state index in [1.807, 2.05) is 0 Å². The Morgan fingerprint density at radius 1 is 1.21 bits per heavy atom. The van der Waals surface area contributed by atoms with E-state index in [1.165, 1.54) is 19.3 Å². The van der Waals surface area contributed by atoms with Crippen LogP contribution in [0, 0.1) is 26.6 Å². The molecular formula is C15H13ClFN3O3S. The number of hydrogen-bond acceptors (Lipinski definition) is 5. The molecule has 2 aromatic heterocycles. The van der Waals surface area contributed by atoms with Crippen molar-refractivity contribution in [2.45, 2.75) is 25.7 Å². The molecule has 0 amide bonds. The lowest BCUT2D eigenvalue weighted by Crippen LogP contribution is -2.15. The molecule has 0 spiro atoms. The molecule has 0 aliphatic heterocycles. The first-order valence-electron chi connectivity index (χ1n) is 6.90. The average Bonchev–Trinajstić information content (AvgIpc) is 2.78. The molecule has 0 aliphatic rings. The fourth-order valence-electron chi connectivity index (χ4n) is 2.28. The van der Waals surface area contributed by atoms with E-state index in [9.17, 15) is 12.8 Å². The van der Waals surface area contributed by atoms with Crippen molar-refractivity contribution in [2.24, 2.45) is 0 Å². The monoisotopic (exact) mass is 369 g/mol. The Hall–Kier alpha value is -2.19. The Labute approximate surface area is 142 Å². The van der Waals surface area contributed by atoms with Crippen LogP contribution < -0.4 is 4.72 Å². The third-order valence-corrected chi connectivity index (χ3v) is 5.50. The van der Waals surface area contributed by atoms with E-state index in [-0.39, 0.29) is 27.0 Å². The molecular weight excluding hydrogens is 357 g/mol. The lowest BCUT2D eigenvalue weighted by atomic mass is 10.2. The summed E-state index contributed by atoms with van der Waals surface area (Å²) in [6, 6.07) is 2.14. The highest BCUT2D eigenvalue weighted by molar-refractivity contribution is 7.92. The first-order chi connectivity index (χ1) is 11.2. The summed E-state index contributed by atoms with van der Waals surface area (Å²) in [5.74, 6) is 0.110. The highest BCUT2D eigenvalue weighted by Crippen LogP contribution is 2.31. The Kier molecular flexibility index (Phi) is 3.97. The van der Waals surface area contributed by atoms with E-state index >= 15 is 0 Å².